The molecular formula is C61H105N2O7P. The summed E-state index contributed by atoms with van der Waals surface area (Å²) >= 11 is 0. The van der Waals surface area contributed by atoms with Gasteiger partial charge in [0, 0.05) is 12.8 Å². The van der Waals surface area contributed by atoms with Gasteiger partial charge in [-0.1, -0.05) is 220 Å². The Labute approximate surface area is 436 Å². The highest BCUT2D eigenvalue weighted by Crippen LogP contribution is 2.38. The molecule has 0 saturated carbocycles. The van der Waals surface area contributed by atoms with Crippen LogP contribution in [0.25, 0.3) is 0 Å². The molecule has 0 aromatic rings. The fourth-order valence-corrected chi connectivity index (χ4v) is 8.16. The summed E-state index contributed by atoms with van der Waals surface area (Å²) in [4.78, 5) is 39.8. The van der Waals surface area contributed by atoms with Crippen molar-refractivity contribution in [2.24, 2.45) is 0 Å². The van der Waals surface area contributed by atoms with Crippen molar-refractivity contribution in [3.8, 4) is 0 Å². The molecule has 0 heterocycles. The van der Waals surface area contributed by atoms with E-state index in [0.29, 0.717) is 23.9 Å². The molecule has 1 amide bonds. The van der Waals surface area contributed by atoms with Crippen LogP contribution in [-0.4, -0.2) is 69.4 Å². The Hall–Kier alpha value is -3.33. The number of carbonyl (C=O) groups excluding carboxylic acids is 2. The van der Waals surface area contributed by atoms with Crippen LogP contribution in [0.4, 0.5) is 0 Å². The number of quaternary nitrogens is 1. The van der Waals surface area contributed by atoms with Crippen LogP contribution in [0.5, 0.6) is 0 Å². The van der Waals surface area contributed by atoms with E-state index in [1.54, 1.807) is 6.08 Å². The predicted octanol–water partition coefficient (Wildman–Crippen LogP) is 16.4. The minimum Gasteiger partial charge on any atom is -0.756 e. The number of esters is 1. The number of unbranched alkanes of at least 4 members (excludes halogenated alkanes) is 19. The van der Waals surface area contributed by atoms with Gasteiger partial charge in [0.05, 0.1) is 33.8 Å². The van der Waals surface area contributed by atoms with Crippen molar-refractivity contribution in [3.63, 3.8) is 0 Å². The number of phosphoric ester groups is 1. The van der Waals surface area contributed by atoms with Gasteiger partial charge in [0.1, 0.15) is 19.3 Å². The van der Waals surface area contributed by atoms with Crippen LogP contribution >= 0.6 is 7.82 Å². The molecule has 9 nitrogen and oxygen atoms in total. The molecule has 71 heavy (non-hydrogen) atoms. The summed E-state index contributed by atoms with van der Waals surface area (Å²) in [7, 11) is 1.13. The zero-order chi connectivity index (χ0) is 52.2. The molecule has 0 aliphatic rings. The van der Waals surface area contributed by atoms with Gasteiger partial charge in [-0.25, -0.2) is 0 Å². The van der Waals surface area contributed by atoms with E-state index in [-0.39, 0.29) is 25.4 Å². The largest absolute Gasteiger partial charge is 0.756 e. The smallest absolute Gasteiger partial charge is 0.306 e. The molecule has 0 bridgehead atoms. The lowest BCUT2D eigenvalue weighted by Gasteiger charge is -2.30. The molecule has 406 valence electrons. The topological polar surface area (TPSA) is 114 Å². The Balaban J connectivity index is 5.51. The molecule has 0 rings (SSSR count). The first-order chi connectivity index (χ1) is 34.4. The van der Waals surface area contributed by atoms with Crippen molar-refractivity contribution < 1.29 is 37.3 Å². The number of ether oxygens (including phenoxy) is 1. The molecule has 10 heteroatoms. The quantitative estimate of drug-likeness (QED) is 0.0161. The second kappa shape index (κ2) is 50.2. The van der Waals surface area contributed by atoms with Crippen LogP contribution in [0.15, 0.2) is 109 Å². The second-order valence-corrected chi connectivity index (χ2v) is 21.1. The number of nitrogens with one attached hydrogen (secondary N) is 1. The molecule has 0 aliphatic heterocycles. The third-order valence-corrected chi connectivity index (χ3v) is 12.7. The highest BCUT2D eigenvalue weighted by Gasteiger charge is 2.27. The average molecular weight is 1010 g/mol. The summed E-state index contributed by atoms with van der Waals surface area (Å²) < 4.78 is 30.2. The van der Waals surface area contributed by atoms with E-state index in [0.717, 1.165) is 89.9 Å². The Bertz CT molecular complexity index is 1580. The third kappa shape index (κ3) is 51.4. The monoisotopic (exact) mass is 1010 g/mol. The van der Waals surface area contributed by atoms with E-state index in [4.69, 9.17) is 13.8 Å². The van der Waals surface area contributed by atoms with E-state index < -0.39 is 32.5 Å². The normalized spacial score (nSPS) is 14.6. The van der Waals surface area contributed by atoms with Gasteiger partial charge in [-0.05, 0) is 89.5 Å². The van der Waals surface area contributed by atoms with Crippen molar-refractivity contribution in [1.82, 2.24) is 5.32 Å². The van der Waals surface area contributed by atoms with E-state index in [9.17, 15) is 19.0 Å². The average Bonchev–Trinajstić information content (AvgIpc) is 3.33. The summed E-state index contributed by atoms with van der Waals surface area (Å²) in [5, 5.41) is 2.99. The number of phosphoric acid groups is 1. The van der Waals surface area contributed by atoms with Crippen molar-refractivity contribution >= 4 is 19.7 Å². The number of nitrogens with zero attached hydrogens (tertiary/aromatic N) is 1. The van der Waals surface area contributed by atoms with Gasteiger partial charge in [-0.15, -0.1) is 0 Å². The van der Waals surface area contributed by atoms with Crippen molar-refractivity contribution in [1.29, 1.82) is 0 Å². The van der Waals surface area contributed by atoms with Crippen LogP contribution in [0, 0.1) is 0 Å². The Morgan fingerprint density at radius 3 is 1.52 bits per heavy atom. The van der Waals surface area contributed by atoms with Gasteiger partial charge in [-0.3, -0.25) is 14.2 Å². The Morgan fingerprint density at radius 2 is 0.986 bits per heavy atom. The molecule has 3 unspecified atom stereocenters. The van der Waals surface area contributed by atoms with Gasteiger partial charge < -0.3 is 28.5 Å². The molecule has 0 fully saturated rings. The SMILES string of the molecule is CC/C=C\C/C=C\C/C=C\C/C=C\C/C=C\CCCC(=O)OC(/C=C/CCCCCCCCCCCCC)C(COP(=O)([O-])OCC[N+](C)(C)C)NC(=O)CCCCCCCCC/C=C/C=C/C=C/CC. The number of likely N-dealkylation sites (N-methyl/N-ethyl adjacent to an activating group) is 1. The number of allylic oxidation sites excluding steroid dienone is 17. The lowest BCUT2D eigenvalue weighted by Crippen LogP contribution is -2.47. The zero-order valence-electron chi connectivity index (χ0n) is 46.1. The summed E-state index contributed by atoms with van der Waals surface area (Å²) in [5.41, 5.74) is 0. The third-order valence-electron chi connectivity index (χ3n) is 11.8. The first-order valence-corrected chi connectivity index (χ1v) is 29.7. The fraction of sp³-hybridized carbons (Fsp3) is 0.672. The molecule has 0 aliphatic carbocycles. The van der Waals surface area contributed by atoms with Crippen LogP contribution < -0.4 is 10.2 Å². The highest BCUT2D eigenvalue weighted by atomic mass is 31.2. The molecular weight excluding hydrogens is 904 g/mol. The maximum absolute atomic E-state index is 13.5. The number of hydrogen-bond acceptors (Lipinski definition) is 7. The Morgan fingerprint density at radius 1 is 0.521 bits per heavy atom. The van der Waals surface area contributed by atoms with Crippen LogP contribution in [0.2, 0.25) is 0 Å². The maximum atomic E-state index is 13.5. The predicted molar refractivity (Wildman–Crippen MR) is 302 cm³/mol. The maximum Gasteiger partial charge on any atom is 0.306 e. The standard InChI is InChI=1S/C61H105N2O7P/c1-7-10-13-16-19-22-25-28-30-31-33-36-39-42-45-48-51-54-61(65)70-59(52-49-46-43-40-37-34-27-24-21-18-15-12-9-3)58(57-69-71(66,67)68-56-55-63(4,5)6)62-60(64)53-50-47-44-41-38-35-32-29-26-23-20-17-14-11-8-2/h10-11,13-14,17,19-20,22-23,26,28,30,33,36,42,45,49,52,58-59H,7-9,12,15-16,18,21,24-25,27,29,31-32,34-35,37-41,43-44,46-48,50-51,53-57H2,1-6H3,(H-,62,64,66,67)/b13-10-,14-11+,20-17+,22-19-,26-23+,30-28-,36-33-,45-42-,52-49+. The van der Waals surface area contributed by atoms with E-state index in [1.807, 2.05) is 27.2 Å². The molecule has 0 aromatic carbocycles. The zero-order valence-corrected chi connectivity index (χ0v) is 47.0. The number of amides is 1. The molecule has 0 radical (unpaired) electrons. The summed E-state index contributed by atoms with van der Waals surface area (Å²) in [6, 6.07) is -0.924. The van der Waals surface area contributed by atoms with Gasteiger partial charge in [-0.2, -0.15) is 0 Å². The summed E-state index contributed by atoms with van der Waals surface area (Å²) in [6.45, 7) is 6.53. The molecule has 3 atom stereocenters. The van der Waals surface area contributed by atoms with Crippen LogP contribution in [0.1, 0.15) is 213 Å². The number of hydrogen-bond donors (Lipinski definition) is 1. The van der Waals surface area contributed by atoms with Gasteiger partial charge in [0.25, 0.3) is 7.82 Å². The number of rotatable bonds is 49. The molecule has 0 saturated heterocycles. The first kappa shape index (κ1) is 67.7. The summed E-state index contributed by atoms with van der Waals surface area (Å²) in [5.74, 6) is -0.632. The van der Waals surface area contributed by atoms with E-state index in [1.165, 1.54) is 77.0 Å². The fourth-order valence-electron chi connectivity index (χ4n) is 7.44. The Kier molecular flexibility index (Phi) is 47.9. The molecule has 0 spiro atoms. The number of carbonyl (C=O) groups is 2. The lowest BCUT2D eigenvalue weighted by atomic mass is 10.0. The van der Waals surface area contributed by atoms with E-state index >= 15 is 0 Å². The lowest BCUT2D eigenvalue weighted by molar-refractivity contribution is -0.870. The van der Waals surface area contributed by atoms with Crippen molar-refractivity contribution in [2.45, 2.75) is 226 Å². The van der Waals surface area contributed by atoms with Crippen LogP contribution in [0.3, 0.4) is 0 Å². The minimum atomic E-state index is -4.72. The molecule has 0 aromatic heterocycles. The van der Waals surface area contributed by atoms with Crippen molar-refractivity contribution in [3.05, 3.63) is 109 Å². The van der Waals surface area contributed by atoms with Gasteiger partial charge in [0.15, 0.2) is 0 Å². The first-order valence-electron chi connectivity index (χ1n) is 28.2. The summed E-state index contributed by atoms with van der Waals surface area (Å²) in [6.07, 6.45) is 67.7. The highest BCUT2D eigenvalue weighted by molar-refractivity contribution is 7.45. The van der Waals surface area contributed by atoms with Crippen molar-refractivity contribution in [2.75, 3.05) is 40.9 Å². The second-order valence-electron chi connectivity index (χ2n) is 19.7. The molecule has 1 N–H and O–H groups in total. The van der Waals surface area contributed by atoms with Gasteiger partial charge >= 0.3 is 5.97 Å². The van der Waals surface area contributed by atoms with Crippen LogP contribution in [-0.2, 0) is 27.9 Å². The van der Waals surface area contributed by atoms with E-state index in [2.05, 4.69) is 123 Å². The minimum absolute atomic E-state index is 0.0394. The van der Waals surface area contributed by atoms with Gasteiger partial charge in [0.2, 0.25) is 5.91 Å².